The highest BCUT2D eigenvalue weighted by Gasteiger charge is 2.32. The van der Waals surface area contributed by atoms with Gasteiger partial charge in [-0.15, -0.1) is 0 Å². The van der Waals surface area contributed by atoms with E-state index >= 15 is 0 Å². The van der Waals surface area contributed by atoms with Gasteiger partial charge < -0.3 is 10.2 Å². The second-order valence-electron chi connectivity index (χ2n) is 5.72. The van der Waals surface area contributed by atoms with Crippen molar-refractivity contribution in [2.45, 2.75) is 18.9 Å². The maximum atomic E-state index is 13.3. The van der Waals surface area contributed by atoms with Gasteiger partial charge >= 0.3 is 0 Å². The lowest BCUT2D eigenvalue weighted by Crippen LogP contribution is -2.36. The fourth-order valence-corrected chi connectivity index (χ4v) is 2.88. The van der Waals surface area contributed by atoms with E-state index in [-0.39, 0.29) is 24.1 Å². The van der Waals surface area contributed by atoms with Gasteiger partial charge in [0.05, 0.1) is 5.92 Å². The summed E-state index contributed by atoms with van der Waals surface area (Å²) < 4.78 is 13.3. The van der Waals surface area contributed by atoms with Crippen LogP contribution < -0.4 is 5.32 Å². The first-order chi connectivity index (χ1) is 11.0. The predicted octanol–water partition coefficient (Wildman–Crippen LogP) is 2.91. The first kappa shape index (κ1) is 15.2. The van der Waals surface area contributed by atoms with Crippen LogP contribution in [0.25, 0.3) is 0 Å². The number of carbonyl (C=O) groups excluding carboxylic acids is 2. The van der Waals surface area contributed by atoms with Crippen LogP contribution in [-0.4, -0.2) is 23.8 Å². The summed E-state index contributed by atoms with van der Waals surface area (Å²) in [6, 6.07) is 13.5. The molecule has 0 saturated carbocycles. The molecule has 2 aromatic carbocycles. The molecule has 0 aliphatic carbocycles. The van der Waals surface area contributed by atoms with Crippen LogP contribution in [0.4, 0.5) is 10.1 Å². The zero-order chi connectivity index (χ0) is 16.4. The number of halogens is 1. The molecular weight excluding hydrogens is 295 g/mol. The molecule has 0 saturated heterocycles. The molecule has 1 atom stereocenters. The second-order valence-corrected chi connectivity index (χ2v) is 5.72. The summed E-state index contributed by atoms with van der Waals surface area (Å²) in [6.45, 7) is 0.302. The van der Waals surface area contributed by atoms with Crippen molar-refractivity contribution in [2.24, 2.45) is 0 Å². The molecule has 23 heavy (non-hydrogen) atoms. The molecule has 0 spiro atoms. The highest BCUT2D eigenvalue weighted by molar-refractivity contribution is 6.01. The lowest BCUT2D eigenvalue weighted by Gasteiger charge is -2.28. The van der Waals surface area contributed by atoms with Crippen molar-refractivity contribution in [3.63, 3.8) is 0 Å². The Bertz CT molecular complexity index is 760. The van der Waals surface area contributed by atoms with Crippen LogP contribution in [0, 0.1) is 5.82 Å². The number of amides is 2. The Morgan fingerprint density at radius 3 is 2.83 bits per heavy atom. The smallest absolute Gasteiger partial charge is 0.230 e. The Balaban J connectivity index is 1.81. The van der Waals surface area contributed by atoms with Crippen LogP contribution in [-0.2, 0) is 16.1 Å². The molecule has 5 heteroatoms. The fourth-order valence-electron chi connectivity index (χ4n) is 2.88. The molecule has 2 amide bonds. The third kappa shape index (κ3) is 3.23. The molecule has 0 fully saturated rings. The van der Waals surface area contributed by atoms with E-state index in [1.165, 1.54) is 17.0 Å². The first-order valence-corrected chi connectivity index (χ1v) is 7.43. The number of carbonyl (C=O) groups is 2. The molecule has 1 heterocycles. The number of para-hydroxylation sites is 1. The highest BCUT2D eigenvalue weighted by Crippen LogP contribution is 2.33. The van der Waals surface area contributed by atoms with Gasteiger partial charge in [-0.1, -0.05) is 30.3 Å². The fraction of sp³-hybridized carbons (Fsp3) is 0.222. The second kappa shape index (κ2) is 6.20. The van der Waals surface area contributed by atoms with Crippen molar-refractivity contribution < 1.29 is 14.0 Å². The summed E-state index contributed by atoms with van der Waals surface area (Å²) in [5, 5.41) is 2.78. The maximum absolute atomic E-state index is 13.3. The molecule has 0 radical (unpaired) electrons. The van der Waals surface area contributed by atoms with E-state index in [1.807, 2.05) is 18.2 Å². The van der Waals surface area contributed by atoms with Crippen LogP contribution >= 0.6 is 0 Å². The number of hydrogen-bond acceptors (Lipinski definition) is 2. The standard InChI is InChI=1S/C18H17FN2O2/c1-21(11-12-5-4-6-13(19)9-12)18(23)15-10-17(22)20-16-8-3-2-7-14(15)16/h2-9,15H,10-11H2,1H3,(H,20,22). The van der Waals surface area contributed by atoms with Gasteiger partial charge in [-0.05, 0) is 29.3 Å². The summed E-state index contributed by atoms with van der Waals surface area (Å²) in [7, 11) is 1.67. The van der Waals surface area contributed by atoms with Gasteiger partial charge in [0.1, 0.15) is 5.82 Å². The Morgan fingerprint density at radius 1 is 1.26 bits per heavy atom. The number of nitrogens with one attached hydrogen (secondary N) is 1. The summed E-state index contributed by atoms with van der Waals surface area (Å²) in [4.78, 5) is 26.1. The van der Waals surface area contributed by atoms with Crippen LogP contribution in [0.2, 0.25) is 0 Å². The predicted molar refractivity (Wildman–Crippen MR) is 85.3 cm³/mol. The largest absolute Gasteiger partial charge is 0.341 e. The van der Waals surface area contributed by atoms with Gasteiger partial charge in [0, 0.05) is 25.7 Å². The summed E-state index contributed by atoms with van der Waals surface area (Å²) in [5.74, 6) is -1.14. The van der Waals surface area contributed by atoms with Gasteiger partial charge in [0.2, 0.25) is 11.8 Å². The minimum atomic E-state index is -0.501. The summed E-state index contributed by atoms with van der Waals surface area (Å²) in [5.41, 5.74) is 2.22. The van der Waals surface area contributed by atoms with Gasteiger partial charge in [0.25, 0.3) is 0 Å². The Labute approximate surface area is 133 Å². The lowest BCUT2D eigenvalue weighted by atomic mass is 9.89. The zero-order valence-corrected chi connectivity index (χ0v) is 12.8. The molecule has 1 aliphatic heterocycles. The van der Waals surface area contributed by atoms with E-state index < -0.39 is 5.92 Å². The zero-order valence-electron chi connectivity index (χ0n) is 12.8. The molecule has 4 nitrogen and oxygen atoms in total. The molecule has 1 N–H and O–H groups in total. The number of rotatable bonds is 3. The number of likely N-dealkylation sites (N-methyl/N-ethyl adjacent to an activating group) is 1. The van der Waals surface area contributed by atoms with Crippen molar-refractivity contribution >= 4 is 17.5 Å². The Hall–Kier alpha value is -2.69. The Morgan fingerprint density at radius 2 is 2.04 bits per heavy atom. The van der Waals surface area contributed by atoms with Gasteiger partial charge in [-0.2, -0.15) is 0 Å². The van der Waals surface area contributed by atoms with Crippen LogP contribution in [0.5, 0.6) is 0 Å². The molecule has 3 rings (SSSR count). The molecule has 118 valence electrons. The molecule has 2 aromatic rings. The quantitative estimate of drug-likeness (QED) is 0.947. The first-order valence-electron chi connectivity index (χ1n) is 7.43. The van der Waals surface area contributed by atoms with Crippen LogP contribution in [0.1, 0.15) is 23.5 Å². The van der Waals surface area contributed by atoms with Crippen LogP contribution in [0.15, 0.2) is 48.5 Å². The number of hydrogen-bond donors (Lipinski definition) is 1. The van der Waals surface area contributed by atoms with Gasteiger partial charge in [-0.3, -0.25) is 9.59 Å². The molecule has 0 bridgehead atoms. The molecule has 1 aliphatic rings. The topological polar surface area (TPSA) is 49.4 Å². The normalized spacial score (nSPS) is 16.4. The van der Waals surface area contributed by atoms with Crippen molar-refractivity contribution in [3.8, 4) is 0 Å². The van der Waals surface area contributed by atoms with Crippen molar-refractivity contribution in [1.29, 1.82) is 0 Å². The van der Waals surface area contributed by atoms with E-state index in [0.717, 1.165) is 11.1 Å². The number of nitrogens with zero attached hydrogens (tertiary/aromatic N) is 1. The van der Waals surface area contributed by atoms with Crippen molar-refractivity contribution in [3.05, 3.63) is 65.5 Å². The van der Waals surface area contributed by atoms with Gasteiger partial charge in [0.15, 0.2) is 0 Å². The lowest BCUT2D eigenvalue weighted by molar-refractivity contribution is -0.134. The Kier molecular flexibility index (Phi) is 4.10. The third-order valence-electron chi connectivity index (χ3n) is 3.98. The average Bonchev–Trinajstić information content (AvgIpc) is 2.53. The van der Waals surface area contributed by atoms with Crippen LogP contribution in [0.3, 0.4) is 0 Å². The number of anilines is 1. The van der Waals surface area contributed by atoms with Gasteiger partial charge in [-0.25, -0.2) is 4.39 Å². The third-order valence-corrected chi connectivity index (χ3v) is 3.98. The minimum Gasteiger partial charge on any atom is -0.341 e. The van der Waals surface area contributed by atoms with E-state index in [9.17, 15) is 14.0 Å². The van der Waals surface area contributed by atoms with Crippen molar-refractivity contribution in [2.75, 3.05) is 12.4 Å². The summed E-state index contributed by atoms with van der Waals surface area (Å²) in [6.07, 6.45) is 0.128. The SMILES string of the molecule is CN(Cc1cccc(F)c1)C(=O)C1CC(=O)Nc2ccccc21. The van der Waals surface area contributed by atoms with E-state index in [0.29, 0.717) is 12.2 Å². The minimum absolute atomic E-state index is 0.128. The molecule has 1 unspecified atom stereocenters. The maximum Gasteiger partial charge on any atom is 0.230 e. The monoisotopic (exact) mass is 312 g/mol. The number of benzene rings is 2. The summed E-state index contributed by atoms with van der Waals surface area (Å²) >= 11 is 0. The van der Waals surface area contributed by atoms with E-state index in [2.05, 4.69) is 5.32 Å². The number of fused-ring (bicyclic) bond motifs is 1. The molecular formula is C18H17FN2O2. The van der Waals surface area contributed by atoms with E-state index in [4.69, 9.17) is 0 Å². The highest BCUT2D eigenvalue weighted by atomic mass is 19.1. The van der Waals surface area contributed by atoms with E-state index in [1.54, 1.807) is 25.2 Å². The molecule has 0 aromatic heterocycles. The van der Waals surface area contributed by atoms with Crippen molar-refractivity contribution in [1.82, 2.24) is 4.90 Å². The average molecular weight is 312 g/mol.